The molecular weight excluding hydrogens is 322 g/mol. The first-order valence-corrected chi connectivity index (χ1v) is 16.5. The van der Waals surface area contributed by atoms with Gasteiger partial charge in [0.2, 0.25) is 0 Å². The molecule has 0 aromatic heterocycles. The Kier molecular flexibility index (Phi) is 6.08. The van der Waals surface area contributed by atoms with Crippen molar-refractivity contribution < 1.29 is 0 Å². The summed E-state index contributed by atoms with van der Waals surface area (Å²) in [5.74, 6) is 0. The topological polar surface area (TPSA) is 0 Å². The van der Waals surface area contributed by atoms with Crippen LogP contribution in [-0.2, 0) is 0 Å². The second-order valence-corrected chi connectivity index (χ2v) is 18.8. The van der Waals surface area contributed by atoms with E-state index in [0.717, 1.165) is 6.71 Å². The van der Waals surface area contributed by atoms with E-state index in [2.05, 4.69) is 44.5 Å². The molecule has 0 saturated carbocycles. The van der Waals surface area contributed by atoms with E-state index < -0.39 is 18.4 Å². The summed E-state index contributed by atoms with van der Waals surface area (Å²) in [7, 11) is 0. The van der Waals surface area contributed by atoms with Gasteiger partial charge in [0.15, 0.2) is 0 Å². The van der Waals surface area contributed by atoms with E-state index in [9.17, 15) is 0 Å². The van der Waals surface area contributed by atoms with Crippen LogP contribution in [0.3, 0.4) is 0 Å². The van der Waals surface area contributed by atoms with Crippen molar-refractivity contribution in [1.82, 2.24) is 0 Å². The van der Waals surface area contributed by atoms with Crippen LogP contribution in [0.25, 0.3) is 0 Å². The average Bonchev–Trinajstić information content (AvgIpc) is 2.57. The van der Waals surface area contributed by atoms with Crippen molar-refractivity contribution in [2.24, 2.45) is 0 Å². The number of hydrogen-bond acceptors (Lipinski definition) is 0. The van der Waals surface area contributed by atoms with E-state index in [4.69, 9.17) is 0 Å². The number of allylic oxidation sites excluding steroid dienone is 4. The molecule has 0 saturated heterocycles. The predicted molar refractivity (Wildman–Crippen MR) is 89.1 cm³/mol. The molecule has 18 heavy (non-hydrogen) atoms. The van der Waals surface area contributed by atoms with Gasteiger partial charge in [0, 0.05) is 0 Å². The Morgan fingerprint density at radius 2 is 1.28 bits per heavy atom. The monoisotopic (exact) mass is 354 g/mol. The van der Waals surface area contributed by atoms with Crippen molar-refractivity contribution in [2.45, 2.75) is 76.4 Å². The fourth-order valence-corrected chi connectivity index (χ4v) is 16.2. The normalized spacial score (nSPS) is 18.8. The van der Waals surface area contributed by atoms with Crippen LogP contribution in [0, 0.1) is 0 Å². The maximum atomic E-state index is 2.65. The van der Waals surface area contributed by atoms with Gasteiger partial charge in [-0.25, -0.2) is 0 Å². The van der Waals surface area contributed by atoms with E-state index >= 15 is 0 Å². The second kappa shape index (κ2) is 6.68. The molecule has 0 aromatic carbocycles. The fourth-order valence-electron chi connectivity index (χ4n) is 4.12. The van der Waals surface area contributed by atoms with Gasteiger partial charge in [0.05, 0.1) is 0 Å². The van der Waals surface area contributed by atoms with Crippen LogP contribution < -0.4 is 0 Å². The van der Waals surface area contributed by atoms with Gasteiger partial charge in [0.1, 0.15) is 0 Å². The van der Waals surface area contributed by atoms with Crippen molar-refractivity contribution in [3.8, 4) is 0 Å². The van der Waals surface area contributed by atoms with E-state index in [1.54, 1.807) is 5.57 Å². The Balaban J connectivity index is 3.42. The molecule has 0 spiro atoms. The Morgan fingerprint density at radius 1 is 0.778 bits per heavy atom. The molecule has 102 valence electrons. The fraction of sp³-hybridized carbons (Fsp3) is 0.750. The van der Waals surface area contributed by atoms with Crippen LogP contribution in [0.2, 0.25) is 22.5 Å². The van der Waals surface area contributed by atoms with Gasteiger partial charge in [-0.1, -0.05) is 0 Å². The van der Waals surface area contributed by atoms with Crippen molar-refractivity contribution in [3.63, 3.8) is 0 Å². The molecule has 0 nitrogen and oxygen atoms in total. The van der Waals surface area contributed by atoms with Crippen LogP contribution in [-0.4, -0.2) is 25.1 Å². The second-order valence-electron chi connectivity index (χ2n) is 6.05. The molecule has 1 heterocycles. The molecular formula is C16H31BSn. The zero-order chi connectivity index (χ0) is 13.9. The summed E-state index contributed by atoms with van der Waals surface area (Å²) < 4.78 is 3.86. The molecule has 1 aliphatic rings. The molecule has 0 N–H and O–H groups in total. The van der Waals surface area contributed by atoms with E-state index in [-0.39, 0.29) is 0 Å². The molecule has 0 aliphatic carbocycles. The van der Waals surface area contributed by atoms with Crippen LogP contribution >= 0.6 is 0 Å². The minimum atomic E-state index is -2.10. The first-order valence-electron chi connectivity index (χ1n) is 7.95. The molecule has 2 heteroatoms. The average molecular weight is 353 g/mol. The van der Waals surface area contributed by atoms with Crippen LogP contribution in [0.1, 0.15) is 53.9 Å². The Labute approximate surface area is 119 Å². The molecule has 0 fully saturated rings. The van der Waals surface area contributed by atoms with Gasteiger partial charge in [-0.2, -0.15) is 0 Å². The number of rotatable bonds is 6. The maximum absolute atomic E-state index is 2.65. The molecule has 1 rings (SSSR count). The van der Waals surface area contributed by atoms with Gasteiger partial charge in [0.25, 0.3) is 0 Å². The summed E-state index contributed by atoms with van der Waals surface area (Å²) >= 11 is -2.10. The first-order chi connectivity index (χ1) is 8.49. The SMILES string of the molecule is CCB(CC)C1=[C](CC)[Sn]([CH3])([CH3])[C](CC)=C1CC. The van der Waals surface area contributed by atoms with Gasteiger partial charge < -0.3 is 0 Å². The molecule has 0 radical (unpaired) electrons. The van der Waals surface area contributed by atoms with Crippen molar-refractivity contribution >= 4 is 25.1 Å². The van der Waals surface area contributed by atoms with Crippen molar-refractivity contribution in [1.29, 1.82) is 0 Å². The van der Waals surface area contributed by atoms with E-state index in [1.165, 1.54) is 31.9 Å². The molecule has 1 aliphatic heterocycles. The standard InChI is InChI=1S/C14H25B.2CH3.Sn/c1-6-11-13(8-3)14(12-7-2)15(9-4)10-5;;;/h6-10H2,1-5H3;2*1H3;. The zero-order valence-electron chi connectivity index (χ0n) is 13.6. The Bertz CT molecular complexity index is 359. The van der Waals surface area contributed by atoms with E-state index in [1.807, 2.05) is 12.7 Å². The first kappa shape index (κ1) is 16.4. The Hall–Kier alpha value is 0.344. The summed E-state index contributed by atoms with van der Waals surface area (Å²) in [4.78, 5) is 5.30. The Morgan fingerprint density at radius 3 is 1.61 bits per heavy atom. The van der Waals surface area contributed by atoms with Gasteiger partial charge >= 0.3 is 120 Å². The third-order valence-electron chi connectivity index (χ3n) is 4.98. The molecule has 0 aromatic rings. The summed E-state index contributed by atoms with van der Waals surface area (Å²) in [6.45, 7) is 12.7. The third-order valence-corrected chi connectivity index (χ3v) is 17.2. The van der Waals surface area contributed by atoms with Crippen molar-refractivity contribution in [2.75, 3.05) is 0 Å². The van der Waals surface area contributed by atoms with Gasteiger partial charge in [-0.05, 0) is 0 Å². The molecule has 0 atom stereocenters. The third kappa shape index (κ3) is 2.62. The minimum absolute atomic E-state index is 0.829. The van der Waals surface area contributed by atoms with Crippen LogP contribution in [0.4, 0.5) is 0 Å². The van der Waals surface area contributed by atoms with Gasteiger partial charge in [-0.15, -0.1) is 0 Å². The quantitative estimate of drug-likeness (QED) is 0.539. The summed E-state index contributed by atoms with van der Waals surface area (Å²) in [6, 6.07) is 0. The van der Waals surface area contributed by atoms with E-state index in [0.29, 0.717) is 0 Å². The predicted octanol–water partition coefficient (Wildman–Crippen LogP) is 5.68. The summed E-state index contributed by atoms with van der Waals surface area (Å²) in [5, 5.41) is 0. The molecule has 0 bridgehead atoms. The van der Waals surface area contributed by atoms with Crippen LogP contribution in [0.5, 0.6) is 0 Å². The van der Waals surface area contributed by atoms with Crippen molar-refractivity contribution in [3.05, 3.63) is 18.2 Å². The summed E-state index contributed by atoms with van der Waals surface area (Å²) in [6.07, 6.45) is 6.51. The van der Waals surface area contributed by atoms with Gasteiger partial charge in [-0.3, -0.25) is 0 Å². The molecule has 0 amide bonds. The summed E-state index contributed by atoms with van der Waals surface area (Å²) in [5.41, 5.74) is 3.63. The number of hydrogen-bond donors (Lipinski definition) is 0. The van der Waals surface area contributed by atoms with Crippen LogP contribution in [0.15, 0.2) is 18.2 Å². The zero-order valence-corrected chi connectivity index (χ0v) is 16.5. The molecule has 0 unspecified atom stereocenters.